The van der Waals surface area contributed by atoms with E-state index >= 15 is 0 Å². The van der Waals surface area contributed by atoms with E-state index in [4.69, 9.17) is 4.42 Å². The van der Waals surface area contributed by atoms with Crippen molar-refractivity contribution in [1.82, 2.24) is 4.57 Å². The summed E-state index contributed by atoms with van der Waals surface area (Å²) in [6.45, 7) is 4.50. The van der Waals surface area contributed by atoms with E-state index in [9.17, 15) is 9.59 Å². The molecule has 0 N–H and O–H groups in total. The molecule has 0 fully saturated rings. The molecule has 3 aromatic rings. The van der Waals surface area contributed by atoms with Crippen molar-refractivity contribution >= 4 is 22.7 Å². The van der Waals surface area contributed by atoms with Crippen molar-refractivity contribution < 1.29 is 9.21 Å². The number of likely N-dealkylation sites (N-methyl/N-ethyl adjacent to an activating group) is 1. The van der Waals surface area contributed by atoms with Crippen molar-refractivity contribution in [1.29, 1.82) is 0 Å². The van der Waals surface area contributed by atoms with Crippen LogP contribution in [-0.4, -0.2) is 17.0 Å². The predicted molar refractivity (Wildman–Crippen MR) is 94.3 cm³/mol. The molecule has 0 aliphatic rings. The monoisotopic (exact) mass is 324 g/mol. The fraction of sp³-hybridized carbons (Fsp3) is 0.263. The van der Waals surface area contributed by atoms with E-state index in [0.717, 1.165) is 12.1 Å². The topological polar surface area (TPSA) is 55.5 Å². The van der Waals surface area contributed by atoms with Crippen LogP contribution >= 0.6 is 0 Å². The Labute approximate surface area is 140 Å². The van der Waals surface area contributed by atoms with Crippen LogP contribution in [0.3, 0.4) is 0 Å². The Bertz CT molecular complexity index is 906. The minimum atomic E-state index is -0.512. The number of aryl methyl sites for hydroxylation is 1. The van der Waals surface area contributed by atoms with Crippen molar-refractivity contribution in [3.8, 4) is 0 Å². The van der Waals surface area contributed by atoms with Gasteiger partial charge in [0.05, 0.1) is 5.52 Å². The standard InChI is InChI=1S/C19H20N2O3/c1-3-14-9-11-15(12-10-14)20(4-2)18(22)13-21-16-7-5-6-8-17(16)24-19(21)23/h5-12H,3-4,13H2,1-2H3. The number of amides is 1. The Hall–Kier alpha value is -2.82. The summed E-state index contributed by atoms with van der Waals surface area (Å²) in [5.74, 6) is -0.655. The van der Waals surface area contributed by atoms with Gasteiger partial charge in [0.1, 0.15) is 6.54 Å². The van der Waals surface area contributed by atoms with Crippen molar-refractivity contribution in [2.24, 2.45) is 0 Å². The number of fused-ring (bicyclic) bond motifs is 1. The van der Waals surface area contributed by atoms with Crippen LogP contribution in [0.5, 0.6) is 0 Å². The lowest BCUT2D eigenvalue weighted by molar-refractivity contribution is -0.119. The average Bonchev–Trinajstić information content (AvgIpc) is 2.92. The number of carbonyl (C=O) groups excluding carboxylic acids is 1. The van der Waals surface area contributed by atoms with Gasteiger partial charge in [-0.15, -0.1) is 0 Å². The maximum atomic E-state index is 12.7. The first-order valence-corrected chi connectivity index (χ1v) is 8.11. The third kappa shape index (κ3) is 2.97. The normalized spacial score (nSPS) is 10.9. The maximum absolute atomic E-state index is 12.7. The van der Waals surface area contributed by atoms with E-state index in [1.807, 2.05) is 37.3 Å². The molecule has 0 unspecified atom stereocenters. The summed E-state index contributed by atoms with van der Waals surface area (Å²) >= 11 is 0. The van der Waals surface area contributed by atoms with E-state index in [-0.39, 0.29) is 12.5 Å². The number of oxazole rings is 1. The highest BCUT2D eigenvalue weighted by Gasteiger charge is 2.18. The highest BCUT2D eigenvalue weighted by molar-refractivity contribution is 5.93. The number of nitrogens with zero attached hydrogens (tertiary/aromatic N) is 2. The molecule has 1 aromatic heterocycles. The summed E-state index contributed by atoms with van der Waals surface area (Å²) in [6.07, 6.45) is 0.955. The fourth-order valence-electron chi connectivity index (χ4n) is 2.80. The summed E-state index contributed by atoms with van der Waals surface area (Å²) in [7, 11) is 0. The van der Waals surface area contributed by atoms with Crippen LogP contribution < -0.4 is 10.7 Å². The van der Waals surface area contributed by atoms with Crippen molar-refractivity contribution in [2.75, 3.05) is 11.4 Å². The fourth-order valence-corrected chi connectivity index (χ4v) is 2.80. The van der Waals surface area contributed by atoms with Gasteiger partial charge in [-0.3, -0.25) is 9.36 Å². The minimum Gasteiger partial charge on any atom is -0.408 e. The highest BCUT2D eigenvalue weighted by Crippen LogP contribution is 2.17. The van der Waals surface area contributed by atoms with Crippen LogP contribution in [-0.2, 0) is 17.8 Å². The molecule has 24 heavy (non-hydrogen) atoms. The molecule has 0 aliphatic carbocycles. The lowest BCUT2D eigenvalue weighted by atomic mass is 10.1. The van der Waals surface area contributed by atoms with E-state index in [2.05, 4.69) is 6.92 Å². The summed E-state index contributed by atoms with van der Waals surface area (Å²) in [5.41, 5.74) is 3.18. The lowest BCUT2D eigenvalue weighted by Crippen LogP contribution is -2.35. The van der Waals surface area contributed by atoms with Crippen LogP contribution in [0.25, 0.3) is 11.1 Å². The number of rotatable bonds is 5. The van der Waals surface area contributed by atoms with Gasteiger partial charge in [0.2, 0.25) is 5.91 Å². The number of para-hydroxylation sites is 2. The zero-order valence-corrected chi connectivity index (χ0v) is 13.9. The molecule has 0 bridgehead atoms. The number of benzene rings is 2. The third-order valence-electron chi connectivity index (χ3n) is 4.14. The number of carbonyl (C=O) groups is 1. The van der Waals surface area contributed by atoms with Crippen LogP contribution in [0.2, 0.25) is 0 Å². The van der Waals surface area contributed by atoms with Crippen LogP contribution in [0.1, 0.15) is 19.4 Å². The zero-order chi connectivity index (χ0) is 17.1. The second-order valence-electron chi connectivity index (χ2n) is 5.58. The Morgan fingerprint density at radius 2 is 1.79 bits per heavy atom. The molecule has 5 nitrogen and oxygen atoms in total. The van der Waals surface area contributed by atoms with E-state index in [1.165, 1.54) is 10.1 Å². The molecular weight excluding hydrogens is 304 g/mol. The smallest absolute Gasteiger partial charge is 0.408 e. The van der Waals surface area contributed by atoms with Crippen molar-refractivity contribution in [3.05, 3.63) is 64.6 Å². The molecule has 0 aliphatic heterocycles. The predicted octanol–water partition coefficient (Wildman–Crippen LogP) is 3.21. The largest absolute Gasteiger partial charge is 0.420 e. The number of hydrogen-bond acceptors (Lipinski definition) is 3. The first-order valence-electron chi connectivity index (χ1n) is 8.11. The van der Waals surface area contributed by atoms with Gasteiger partial charge in [-0.2, -0.15) is 0 Å². The molecule has 0 saturated heterocycles. The molecule has 1 heterocycles. The lowest BCUT2D eigenvalue weighted by Gasteiger charge is -2.21. The molecule has 0 radical (unpaired) electrons. The molecule has 1 amide bonds. The van der Waals surface area contributed by atoms with E-state index in [1.54, 1.807) is 23.1 Å². The Kier molecular flexibility index (Phi) is 4.51. The third-order valence-corrected chi connectivity index (χ3v) is 4.14. The SMILES string of the molecule is CCc1ccc(N(CC)C(=O)Cn2c(=O)oc3ccccc32)cc1. The first-order chi connectivity index (χ1) is 11.6. The Morgan fingerprint density at radius 1 is 1.08 bits per heavy atom. The Morgan fingerprint density at radius 3 is 2.46 bits per heavy atom. The van der Waals surface area contributed by atoms with Gasteiger partial charge in [0.15, 0.2) is 5.58 Å². The van der Waals surface area contributed by atoms with Crippen LogP contribution in [0.15, 0.2) is 57.7 Å². The minimum absolute atomic E-state index is 0.0424. The summed E-state index contributed by atoms with van der Waals surface area (Å²) in [4.78, 5) is 26.4. The number of aromatic nitrogens is 1. The van der Waals surface area contributed by atoms with Gasteiger partial charge in [0.25, 0.3) is 0 Å². The summed E-state index contributed by atoms with van der Waals surface area (Å²) < 4.78 is 6.56. The molecule has 0 spiro atoms. The highest BCUT2D eigenvalue weighted by atomic mass is 16.4. The molecule has 3 rings (SSSR count). The van der Waals surface area contributed by atoms with Crippen molar-refractivity contribution in [3.63, 3.8) is 0 Å². The van der Waals surface area contributed by atoms with E-state index < -0.39 is 5.76 Å². The average molecular weight is 324 g/mol. The molecule has 0 saturated carbocycles. The second kappa shape index (κ2) is 6.74. The van der Waals surface area contributed by atoms with Gasteiger partial charge >= 0.3 is 5.76 Å². The quantitative estimate of drug-likeness (QED) is 0.724. The zero-order valence-electron chi connectivity index (χ0n) is 13.9. The molecule has 5 heteroatoms. The second-order valence-corrected chi connectivity index (χ2v) is 5.58. The molecule has 124 valence electrons. The number of hydrogen-bond donors (Lipinski definition) is 0. The van der Waals surface area contributed by atoms with Gasteiger partial charge in [-0.05, 0) is 43.2 Å². The molecule has 2 aromatic carbocycles. The number of anilines is 1. The molecular formula is C19H20N2O3. The molecule has 0 atom stereocenters. The van der Waals surface area contributed by atoms with Crippen LogP contribution in [0, 0.1) is 0 Å². The summed E-state index contributed by atoms with van der Waals surface area (Å²) in [6, 6.07) is 15.0. The maximum Gasteiger partial charge on any atom is 0.420 e. The summed E-state index contributed by atoms with van der Waals surface area (Å²) in [5, 5.41) is 0. The first kappa shape index (κ1) is 16.1. The van der Waals surface area contributed by atoms with Gasteiger partial charge in [0, 0.05) is 12.2 Å². The van der Waals surface area contributed by atoms with Gasteiger partial charge < -0.3 is 9.32 Å². The van der Waals surface area contributed by atoms with Crippen molar-refractivity contribution in [2.45, 2.75) is 26.8 Å². The van der Waals surface area contributed by atoms with Crippen LogP contribution in [0.4, 0.5) is 5.69 Å². The van der Waals surface area contributed by atoms with Gasteiger partial charge in [-0.1, -0.05) is 31.2 Å². The van der Waals surface area contributed by atoms with Gasteiger partial charge in [-0.25, -0.2) is 4.79 Å². The Balaban J connectivity index is 1.88. The van der Waals surface area contributed by atoms with E-state index in [0.29, 0.717) is 17.6 Å².